The molecule has 0 fully saturated rings. The van der Waals surface area contributed by atoms with Gasteiger partial charge in [0.1, 0.15) is 11.3 Å². The van der Waals surface area contributed by atoms with Gasteiger partial charge in [-0.25, -0.2) is 4.98 Å². The Morgan fingerprint density at radius 3 is 2.65 bits per heavy atom. The number of carbonyl (C=O) groups excluding carboxylic acids is 2. The molecule has 154 valence electrons. The lowest BCUT2D eigenvalue weighted by molar-refractivity contribution is 0.0983. The van der Waals surface area contributed by atoms with E-state index in [4.69, 9.17) is 0 Å². The second kappa shape index (κ2) is 7.72. The van der Waals surface area contributed by atoms with Crippen molar-refractivity contribution in [2.75, 3.05) is 16.8 Å². The largest absolute Gasteiger partial charge is 0.321 e. The topological polar surface area (TPSA) is 66.7 Å². The molecule has 2 amide bonds. The first-order valence-corrected chi connectivity index (χ1v) is 10.4. The molecule has 0 unspecified atom stereocenters. The van der Waals surface area contributed by atoms with Crippen molar-refractivity contribution in [2.45, 2.75) is 19.8 Å². The summed E-state index contributed by atoms with van der Waals surface area (Å²) in [4.78, 5) is 32.4. The van der Waals surface area contributed by atoms with Crippen LogP contribution < -0.4 is 10.2 Å². The number of imidazole rings is 1. The average molecular weight is 410 g/mol. The van der Waals surface area contributed by atoms with Crippen LogP contribution in [0.2, 0.25) is 0 Å². The Balaban J connectivity index is 1.46. The fraction of sp³-hybridized carbons (Fsp3) is 0.160. The number of fused-ring (bicyclic) bond motifs is 2. The van der Waals surface area contributed by atoms with Crippen molar-refractivity contribution in [3.63, 3.8) is 0 Å². The molecular formula is C25H22N4O2. The van der Waals surface area contributed by atoms with Gasteiger partial charge >= 0.3 is 0 Å². The van der Waals surface area contributed by atoms with E-state index in [1.54, 1.807) is 4.40 Å². The molecule has 2 aromatic carbocycles. The van der Waals surface area contributed by atoms with Crippen LogP contribution in [0.4, 0.5) is 11.4 Å². The molecule has 4 aromatic rings. The minimum absolute atomic E-state index is 0.0253. The van der Waals surface area contributed by atoms with E-state index in [0.29, 0.717) is 29.2 Å². The molecule has 0 saturated heterocycles. The van der Waals surface area contributed by atoms with Crippen LogP contribution in [-0.4, -0.2) is 27.7 Å². The standard InChI is InChI=1S/C25H22N4O2/c1-17-23(29-14-6-5-11-22(29)26-17)24(30)27-20-13-12-18-10-7-15-28(21(18)16-20)25(31)19-8-3-2-4-9-19/h2-6,8-9,11-14,16H,7,10,15H2,1H3,(H,27,30). The lowest BCUT2D eigenvalue weighted by atomic mass is 10.00. The number of carbonyl (C=O) groups is 2. The number of rotatable bonds is 3. The molecule has 0 spiro atoms. The molecular weight excluding hydrogens is 388 g/mol. The summed E-state index contributed by atoms with van der Waals surface area (Å²) in [6.07, 6.45) is 3.66. The van der Waals surface area contributed by atoms with Crippen molar-refractivity contribution >= 4 is 28.8 Å². The van der Waals surface area contributed by atoms with Crippen LogP contribution in [0.5, 0.6) is 0 Å². The molecule has 31 heavy (non-hydrogen) atoms. The van der Waals surface area contributed by atoms with E-state index in [0.717, 1.165) is 29.7 Å². The predicted molar refractivity (Wildman–Crippen MR) is 121 cm³/mol. The smallest absolute Gasteiger partial charge is 0.274 e. The highest BCUT2D eigenvalue weighted by Gasteiger charge is 2.24. The molecule has 3 heterocycles. The van der Waals surface area contributed by atoms with Crippen LogP contribution in [0.15, 0.2) is 72.9 Å². The molecule has 0 atom stereocenters. The number of hydrogen-bond donors (Lipinski definition) is 1. The van der Waals surface area contributed by atoms with Crippen LogP contribution in [0.3, 0.4) is 0 Å². The number of aryl methyl sites for hydroxylation is 2. The van der Waals surface area contributed by atoms with Gasteiger partial charge in [-0.15, -0.1) is 0 Å². The molecule has 6 heteroatoms. The molecule has 2 aromatic heterocycles. The number of benzene rings is 2. The van der Waals surface area contributed by atoms with Gasteiger partial charge in [0, 0.05) is 29.7 Å². The Hall–Kier alpha value is -3.93. The van der Waals surface area contributed by atoms with Crippen LogP contribution in [-0.2, 0) is 6.42 Å². The summed E-state index contributed by atoms with van der Waals surface area (Å²) in [5, 5.41) is 2.99. The molecule has 1 aliphatic heterocycles. The monoisotopic (exact) mass is 410 g/mol. The van der Waals surface area contributed by atoms with Crippen LogP contribution in [0, 0.1) is 6.92 Å². The highest BCUT2D eigenvalue weighted by molar-refractivity contribution is 6.08. The lowest BCUT2D eigenvalue weighted by Crippen LogP contribution is -2.35. The van der Waals surface area contributed by atoms with E-state index in [2.05, 4.69) is 10.3 Å². The van der Waals surface area contributed by atoms with Gasteiger partial charge < -0.3 is 10.2 Å². The Morgan fingerprint density at radius 1 is 1.00 bits per heavy atom. The first-order valence-electron chi connectivity index (χ1n) is 10.4. The number of nitrogens with zero attached hydrogens (tertiary/aromatic N) is 3. The summed E-state index contributed by atoms with van der Waals surface area (Å²) in [5.74, 6) is -0.254. The number of amides is 2. The van der Waals surface area contributed by atoms with Crippen molar-refractivity contribution in [1.82, 2.24) is 9.38 Å². The van der Waals surface area contributed by atoms with E-state index in [1.807, 2.05) is 84.8 Å². The number of pyridine rings is 1. The Labute approximate surface area is 180 Å². The molecule has 1 aliphatic rings. The second-order valence-electron chi connectivity index (χ2n) is 7.70. The first-order chi connectivity index (χ1) is 15.1. The number of aromatic nitrogens is 2. The second-order valence-corrected chi connectivity index (χ2v) is 7.70. The summed E-state index contributed by atoms with van der Waals surface area (Å²) in [5.41, 5.74) is 5.18. The molecule has 1 N–H and O–H groups in total. The quantitative estimate of drug-likeness (QED) is 0.541. The maximum atomic E-state index is 13.1. The van der Waals surface area contributed by atoms with Crippen molar-refractivity contribution < 1.29 is 9.59 Å². The van der Waals surface area contributed by atoms with Gasteiger partial charge in [0.2, 0.25) is 0 Å². The summed E-state index contributed by atoms with van der Waals surface area (Å²) in [7, 11) is 0. The van der Waals surface area contributed by atoms with Gasteiger partial charge in [0.25, 0.3) is 11.8 Å². The highest BCUT2D eigenvalue weighted by Crippen LogP contribution is 2.31. The van der Waals surface area contributed by atoms with Crippen molar-refractivity contribution in [1.29, 1.82) is 0 Å². The van der Waals surface area contributed by atoms with E-state index >= 15 is 0 Å². The van der Waals surface area contributed by atoms with E-state index in [-0.39, 0.29) is 11.8 Å². The van der Waals surface area contributed by atoms with Crippen LogP contribution in [0.1, 0.15) is 38.5 Å². The fourth-order valence-corrected chi connectivity index (χ4v) is 4.18. The summed E-state index contributed by atoms with van der Waals surface area (Å²) < 4.78 is 1.79. The van der Waals surface area contributed by atoms with Crippen molar-refractivity contribution in [3.05, 3.63) is 95.4 Å². The Kier molecular flexibility index (Phi) is 4.75. The highest BCUT2D eigenvalue weighted by atomic mass is 16.2. The molecule has 0 bridgehead atoms. The minimum Gasteiger partial charge on any atom is -0.321 e. The Bertz CT molecular complexity index is 1290. The van der Waals surface area contributed by atoms with Gasteiger partial charge in [-0.05, 0) is 61.7 Å². The zero-order valence-corrected chi connectivity index (χ0v) is 17.2. The molecule has 6 nitrogen and oxygen atoms in total. The van der Waals surface area contributed by atoms with Gasteiger partial charge in [-0.2, -0.15) is 0 Å². The third-order valence-electron chi connectivity index (χ3n) is 5.65. The third kappa shape index (κ3) is 3.46. The minimum atomic E-state index is -0.229. The Morgan fingerprint density at radius 2 is 1.81 bits per heavy atom. The van der Waals surface area contributed by atoms with Crippen molar-refractivity contribution in [3.8, 4) is 0 Å². The maximum absolute atomic E-state index is 13.1. The number of anilines is 2. The molecule has 0 radical (unpaired) electrons. The van der Waals surface area contributed by atoms with Gasteiger partial charge in [-0.1, -0.05) is 30.3 Å². The van der Waals surface area contributed by atoms with Gasteiger partial charge in [0.15, 0.2) is 0 Å². The molecule has 0 aliphatic carbocycles. The summed E-state index contributed by atoms with van der Waals surface area (Å²) >= 11 is 0. The van der Waals surface area contributed by atoms with Gasteiger partial charge in [-0.3, -0.25) is 14.0 Å². The summed E-state index contributed by atoms with van der Waals surface area (Å²) in [6.45, 7) is 2.49. The van der Waals surface area contributed by atoms with Crippen molar-refractivity contribution in [2.24, 2.45) is 0 Å². The lowest BCUT2D eigenvalue weighted by Gasteiger charge is -2.30. The zero-order chi connectivity index (χ0) is 21.4. The van der Waals surface area contributed by atoms with Gasteiger partial charge in [0.05, 0.1) is 5.69 Å². The first kappa shape index (κ1) is 19.1. The molecule has 5 rings (SSSR count). The normalized spacial score (nSPS) is 13.1. The average Bonchev–Trinajstić information content (AvgIpc) is 3.14. The van der Waals surface area contributed by atoms with E-state index < -0.39 is 0 Å². The van der Waals surface area contributed by atoms with E-state index in [1.165, 1.54) is 0 Å². The van der Waals surface area contributed by atoms with Crippen LogP contribution >= 0.6 is 0 Å². The molecule has 0 saturated carbocycles. The predicted octanol–water partition coefficient (Wildman–Crippen LogP) is 4.49. The third-order valence-corrected chi connectivity index (χ3v) is 5.65. The summed E-state index contributed by atoms with van der Waals surface area (Å²) in [6, 6.07) is 20.7. The number of hydrogen-bond acceptors (Lipinski definition) is 3. The van der Waals surface area contributed by atoms with E-state index in [9.17, 15) is 9.59 Å². The zero-order valence-electron chi connectivity index (χ0n) is 17.2. The SMILES string of the molecule is Cc1nc2ccccn2c1C(=O)Nc1ccc2c(c1)N(C(=O)c1ccccc1)CCC2. The maximum Gasteiger partial charge on any atom is 0.274 e. The fourth-order valence-electron chi connectivity index (χ4n) is 4.18. The number of nitrogens with one attached hydrogen (secondary N) is 1. The van der Waals surface area contributed by atoms with Crippen LogP contribution in [0.25, 0.3) is 5.65 Å².